The minimum atomic E-state index is -0.467. The van der Waals surface area contributed by atoms with Crippen LogP contribution in [-0.2, 0) is 28.6 Å². The summed E-state index contributed by atoms with van der Waals surface area (Å²) in [7, 11) is 1.56. The summed E-state index contributed by atoms with van der Waals surface area (Å²) in [6.45, 7) is 19.5. The molecule has 0 bridgehead atoms. The van der Waals surface area contributed by atoms with E-state index in [4.69, 9.17) is 14.2 Å². The molecular formula is C35H54O6. The second-order valence-electron chi connectivity index (χ2n) is 16.6. The molecule has 4 fully saturated rings. The number of carbonyl (C=O) groups excluding carboxylic acids is 3. The molecule has 0 aliphatic heterocycles. The Labute approximate surface area is 247 Å². The average molecular weight is 571 g/mol. The van der Waals surface area contributed by atoms with Gasteiger partial charge in [0, 0.05) is 19.3 Å². The fourth-order valence-corrected chi connectivity index (χ4v) is 11.6. The van der Waals surface area contributed by atoms with Gasteiger partial charge < -0.3 is 14.2 Å². The van der Waals surface area contributed by atoms with Gasteiger partial charge in [-0.05, 0) is 97.2 Å². The third kappa shape index (κ3) is 4.26. The highest BCUT2D eigenvalue weighted by Gasteiger charge is 2.71. The van der Waals surface area contributed by atoms with Crippen LogP contribution < -0.4 is 0 Å². The van der Waals surface area contributed by atoms with Crippen LogP contribution in [0, 0.1) is 50.2 Å². The van der Waals surface area contributed by atoms with Crippen molar-refractivity contribution in [3.05, 3.63) is 11.6 Å². The van der Waals surface area contributed by atoms with Crippen LogP contribution in [0.3, 0.4) is 0 Å². The van der Waals surface area contributed by atoms with Crippen molar-refractivity contribution < 1.29 is 28.6 Å². The molecule has 9 atom stereocenters. The minimum Gasteiger partial charge on any atom is -0.469 e. The zero-order chi connectivity index (χ0) is 30.4. The fraction of sp³-hybridized carbons (Fsp3) is 0.857. The van der Waals surface area contributed by atoms with Gasteiger partial charge in [-0.1, -0.05) is 60.1 Å². The van der Waals surface area contributed by atoms with Crippen molar-refractivity contribution in [1.82, 2.24) is 0 Å². The molecule has 6 nitrogen and oxygen atoms in total. The zero-order valence-electron chi connectivity index (χ0n) is 27.3. The third-order valence-corrected chi connectivity index (χ3v) is 13.7. The molecule has 0 saturated heterocycles. The van der Waals surface area contributed by atoms with E-state index >= 15 is 0 Å². The Morgan fingerprint density at radius 3 is 2.05 bits per heavy atom. The lowest BCUT2D eigenvalue weighted by Gasteiger charge is -2.71. The third-order valence-electron chi connectivity index (χ3n) is 13.7. The Kier molecular flexibility index (Phi) is 7.15. The summed E-state index contributed by atoms with van der Waals surface area (Å²) >= 11 is 0. The Hall–Kier alpha value is -1.85. The molecule has 0 radical (unpaired) electrons. The van der Waals surface area contributed by atoms with Crippen molar-refractivity contribution in [2.45, 2.75) is 132 Å². The van der Waals surface area contributed by atoms with Crippen molar-refractivity contribution in [3.8, 4) is 0 Å². The Bertz CT molecular complexity index is 1150. The monoisotopic (exact) mass is 570 g/mol. The maximum Gasteiger partial charge on any atom is 0.312 e. The molecule has 41 heavy (non-hydrogen) atoms. The van der Waals surface area contributed by atoms with Crippen LogP contribution in [-0.4, -0.2) is 37.2 Å². The van der Waals surface area contributed by atoms with Crippen LogP contribution in [0.1, 0.15) is 120 Å². The molecule has 0 N–H and O–H groups in total. The summed E-state index contributed by atoms with van der Waals surface area (Å²) in [5, 5.41) is 0. The lowest BCUT2D eigenvalue weighted by Crippen LogP contribution is -2.67. The predicted octanol–water partition coefficient (Wildman–Crippen LogP) is 7.43. The summed E-state index contributed by atoms with van der Waals surface area (Å²) in [6, 6.07) is 0. The molecule has 0 aromatic heterocycles. The molecule has 0 aromatic carbocycles. The van der Waals surface area contributed by atoms with Crippen molar-refractivity contribution in [3.63, 3.8) is 0 Å². The number of ether oxygens (including phenoxy) is 3. The molecule has 0 aromatic rings. The molecule has 230 valence electrons. The Morgan fingerprint density at radius 2 is 1.44 bits per heavy atom. The summed E-state index contributed by atoms with van der Waals surface area (Å²) in [6.07, 6.45) is 10.3. The van der Waals surface area contributed by atoms with Gasteiger partial charge in [-0.15, -0.1) is 0 Å². The highest BCUT2D eigenvalue weighted by atomic mass is 16.6. The number of carbonyl (C=O) groups is 3. The van der Waals surface area contributed by atoms with Crippen LogP contribution in [0.4, 0.5) is 0 Å². The first-order valence-corrected chi connectivity index (χ1v) is 16.0. The Morgan fingerprint density at radius 1 is 0.805 bits per heavy atom. The van der Waals surface area contributed by atoms with Crippen molar-refractivity contribution in [2.75, 3.05) is 7.11 Å². The first-order valence-electron chi connectivity index (χ1n) is 16.0. The standard InChI is InChI=1S/C35H54O6/c1-21(36)40-25-20-32(7)26(31(5,6)28(25)41-22(2)37)13-14-34(9)27(32)12-11-23-24-19-30(3,4)15-17-35(24,29(38)39-10)18-16-33(23,34)8/h11,24-28H,12-20H2,1-10H3. The van der Waals surface area contributed by atoms with Gasteiger partial charge in [0.15, 0.2) is 0 Å². The first-order chi connectivity index (χ1) is 18.9. The number of methoxy groups -OCH3 is 1. The number of hydrogen-bond acceptors (Lipinski definition) is 6. The quantitative estimate of drug-likeness (QED) is 0.199. The summed E-state index contributed by atoms with van der Waals surface area (Å²) in [4.78, 5) is 38.0. The molecule has 0 heterocycles. The van der Waals surface area contributed by atoms with Crippen LogP contribution in [0.15, 0.2) is 11.6 Å². The number of allylic oxidation sites excluding steroid dienone is 2. The van der Waals surface area contributed by atoms with E-state index in [0.717, 1.165) is 51.4 Å². The maximum atomic E-state index is 13.5. The SMILES string of the molecule is COC(=O)C12CCC(C)(C)CC1C1=CCC3C4(C)CC(OC(C)=O)C(OC(C)=O)C(C)(C)C4CCC3(C)C1(C)CC2. The van der Waals surface area contributed by atoms with Gasteiger partial charge in [-0.3, -0.25) is 14.4 Å². The van der Waals surface area contributed by atoms with Gasteiger partial charge in [-0.25, -0.2) is 0 Å². The summed E-state index contributed by atoms with van der Waals surface area (Å²) < 4.78 is 17.4. The molecule has 4 saturated carbocycles. The number of fused-ring (bicyclic) bond motifs is 7. The second-order valence-corrected chi connectivity index (χ2v) is 16.6. The lowest BCUT2D eigenvalue weighted by molar-refractivity contribution is -0.244. The zero-order valence-corrected chi connectivity index (χ0v) is 27.3. The molecular weight excluding hydrogens is 516 g/mol. The molecule has 0 amide bonds. The lowest BCUT2D eigenvalue weighted by atomic mass is 9.33. The van der Waals surface area contributed by atoms with E-state index in [2.05, 4.69) is 54.5 Å². The summed E-state index contributed by atoms with van der Waals surface area (Å²) in [5.41, 5.74) is 0.868. The molecule has 0 spiro atoms. The molecule has 5 aliphatic carbocycles. The van der Waals surface area contributed by atoms with Gasteiger partial charge in [-0.2, -0.15) is 0 Å². The first kappa shape index (κ1) is 30.6. The van der Waals surface area contributed by atoms with Gasteiger partial charge in [0.1, 0.15) is 12.2 Å². The molecule has 9 unspecified atom stereocenters. The van der Waals surface area contributed by atoms with E-state index < -0.39 is 17.6 Å². The smallest absolute Gasteiger partial charge is 0.312 e. The fourth-order valence-electron chi connectivity index (χ4n) is 11.6. The van der Waals surface area contributed by atoms with Gasteiger partial charge >= 0.3 is 17.9 Å². The number of rotatable bonds is 3. The van der Waals surface area contributed by atoms with Gasteiger partial charge in [0.25, 0.3) is 0 Å². The average Bonchev–Trinajstić information content (AvgIpc) is 2.85. The van der Waals surface area contributed by atoms with E-state index in [1.54, 1.807) is 7.11 Å². The largest absolute Gasteiger partial charge is 0.469 e. The molecule has 5 rings (SSSR count). The topological polar surface area (TPSA) is 78.9 Å². The van der Waals surface area contributed by atoms with E-state index in [9.17, 15) is 14.4 Å². The highest BCUT2D eigenvalue weighted by molar-refractivity contribution is 5.78. The maximum absolute atomic E-state index is 13.5. The van der Waals surface area contributed by atoms with Crippen molar-refractivity contribution in [2.24, 2.45) is 50.2 Å². The predicted molar refractivity (Wildman–Crippen MR) is 158 cm³/mol. The van der Waals surface area contributed by atoms with E-state index in [-0.39, 0.29) is 50.9 Å². The van der Waals surface area contributed by atoms with Crippen LogP contribution in [0.2, 0.25) is 0 Å². The van der Waals surface area contributed by atoms with Crippen LogP contribution in [0.5, 0.6) is 0 Å². The summed E-state index contributed by atoms with van der Waals surface area (Å²) in [5.74, 6) is 0.264. The second kappa shape index (κ2) is 9.58. The van der Waals surface area contributed by atoms with E-state index in [1.807, 2.05) is 0 Å². The van der Waals surface area contributed by atoms with Crippen LogP contribution in [0.25, 0.3) is 0 Å². The van der Waals surface area contributed by atoms with Crippen molar-refractivity contribution in [1.29, 1.82) is 0 Å². The molecule has 5 aliphatic rings. The molecule has 6 heteroatoms. The van der Waals surface area contributed by atoms with Crippen LogP contribution >= 0.6 is 0 Å². The van der Waals surface area contributed by atoms with Crippen molar-refractivity contribution >= 4 is 17.9 Å². The highest BCUT2D eigenvalue weighted by Crippen LogP contribution is 2.76. The minimum absolute atomic E-state index is 0.0151. The van der Waals surface area contributed by atoms with E-state index in [1.165, 1.54) is 19.4 Å². The number of esters is 3. The number of hydrogen-bond donors (Lipinski definition) is 0. The normalized spacial score (nSPS) is 45.9. The van der Waals surface area contributed by atoms with E-state index in [0.29, 0.717) is 18.3 Å². The van der Waals surface area contributed by atoms with Gasteiger partial charge in [0.05, 0.1) is 12.5 Å². The van der Waals surface area contributed by atoms with Gasteiger partial charge in [0.2, 0.25) is 0 Å². The Balaban J connectivity index is 1.59.